The lowest BCUT2D eigenvalue weighted by atomic mass is 9.80. The summed E-state index contributed by atoms with van der Waals surface area (Å²) >= 11 is 0. The van der Waals surface area contributed by atoms with Gasteiger partial charge in [0.15, 0.2) is 0 Å². The number of rotatable bonds is 7. The molecule has 1 N–H and O–H groups in total. The summed E-state index contributed by atoms with van der Waals surface area (Å²) in [6.45, 7) is 7.52. The average molecular weight is 418 g/mol. The Balaban J connectivity index is 2.05. The van der Waals surface area contributed by atoms with E-state index in [0.717, 1.165) is 44.1 Å². The van der Waals surface area contributed by atoms with Crippen molar-refractivity contribution in [3.63, 3.8) is 0 Å². The molecule has 1 saturated carbocycles. The molecule has 0 spiro atoms. The number of hydrogen-bond acceptors (Lipinski definition) is 3. The topological polar surface area (TPSA) is 61.9 Å². The predicted octanol–water partition coefficient (Wildman–Crippen LogP) is 2.66. The SMILES string of the molecule is CC(=O)N1CCC[C@H](NS(C)(C)(=O)N(C)C)[C@@H]1CO[C@H]1CC[C@@H](C(C)C)CC1. The third-order valence-electron chi connectivity index (χ3n) is 6.90. The van der Waals surface area contributed by atoms with Crippen LogP contribution in [-0.2, 0) is 19.0 Å². The van der Waals surface area contributed by atoms with E-state index in [-0.39, 0.29) is 24.1 Å². The van der Waals surface area contributed by atoms with E-state index in [1.54, 1.807) is 23.7 Å². The van der Waals surface area contributed by atoms with Gasteiger partial charge >= 0.3 is 0 Å². The Morgan fingerprint density at radius 1 is 1.18 bits per heavy atom. The lowest BCUT2D eigenvalue weighted by molar-refractivity contribution is -0.136. The Morgan fingerprint density at radius 3 is 2.29 bits per heavy atom. The molecule has 1 saturated heterocycles. The molecule has 1 aliphatic heterocycles. The van der Waals surface area contributed by atoms with Gasteiger partial charge in [-0.05, 0) is 73.9 Å². The van der Waals surface area contributed by atoms with E-state index in [9.17, 15) is 9.00 Å². The van der Waals surface area contributed by atoms with E-state index in [1.165, 1.54) is 12.8 Å². The Bertz CT molecular complexity index is 594. The van der Waals surface area contributed by atoms with Crippen LogP contribution in [0.1, 0.15) is 59.3 Å². The Kier molecular flexibility index (Phi) is 7.73. The van der Waals surface area contributed by atoms with Gasteiger partial charge in [0.05, 0.1) is 18.8 Å². The number of carbonyl (C=O) groups is 1. The van der Waals surface area contributed by atoms with Gasteiger partial charge in [-0.2, -0.15) is 0 Å². The summed E-state index contributed by atoms with van der Waals surface area (Å²) < 4.78 is 25.0. The maximum atomic E-state index is 13.5. The standard InChI is InChI=1S/C21H43N3O3S/c1-16(2)18-10-12-19(13-11-18)27-15-21-20(9-8-14-24(21)17(3)25)22-28(6,7,26)23(4)5/h16,18-21H,8-15H2,1-7H3,(H,22,26)/t18-,19+,20-,21-/m0/s1. The molecule has 2 rings (SSSR count). The van der Waals surface area contributed by atoms with E-state index < -0.39 is 9.44 Å². The van der Waals surface area contributed by atoms with Gasteiger partial charge in [-0.1, -0.05) is 13.8 Å². The van der Waals surface area contributed by atoms with Crippen LogP contribution in [0.15, 0.2) is 0 Å². The molecule has 1 amide bonds. The molecule has 2 fully saturated rings. The summed E-state index contributed by atoms with van der Waals surface area (Å²) in [6.07, 6.45) is 10.3. The van der Waals surface area contributed by atoms with E-state index >= 15 is 0 Å². The molecule has 28 heavy (non-hydrogen) atoms. The van der Waals surface area contributed by atoms with Gasteiger partial charge in [-0.15, -0.1) is 0 Å². The molecule has 0 bridgehead atoms. The number of amides is 1. The predicted molar refractivity (Wildman–Crippen MR) is 118 cm³/mol. The van der Waals surface area contributed by atoms with Crippen molar-refractivity contribution in [3.8, 4) is 0 Å². The minimum absolute atomic E-state index is 0.0263. The van der Waals surface area contributed by atoms with Gasteiger partial charge < -0.3 is 9.64 Å². The Hall–Kier alpha value is -0.500. The highest BCUT2D eigenvalue weighted by Crippen LogP contribution is 2.32. The lowest BCUT2D eigenvalue weighted by Gasteiger charge is -2.49. The molecule has 2 aliphatic rings. The number of hydrogen-bond donors (Lipinski definition) is 1. The Morgan fingerprint density at radius 2 is 1.79 bits per heavy atom. The van der Waals surface area contributed by atoms with Crippen molar-refractivity contribution < 1.29 is 13.7 Å². The van der Waals surface area contributed by atoms with Crippen LogP contribution >= 0.6 is 0 Å². The number of carbonyl (C=O) groups excluding carboxylic acids is 1. The van der Waals surface area contributed by atoms with Gasteiger partial charge in [0.25, 0.3) is 0 Å². The molecule has 0 aromatic carbocycles. The van der Waals surface area contributed by atoms with Gasteiger partial charge in [-0.3, -0.25) is 9.00 Å². The highest BCUT2D eigenvalue weighted by atomic mass is 32.3. The average Bonchev–Trinajstić information content (AvgIpc) is 2.59. The van der Waals surface area contributed by atoms with Gasteiger partial charge in [0, 0.05) is 32.0 Å². The second-order valence-corrected chi connectivity index (χ2v) is 14.3. The molecule has 2 atom stereocenters. The fourth-order valence-corrected chi connectivity index (χ4v) is 5.84. The van der Waals surface area contributed by atoms with Crippen LogP contribution in [0.3, 0.4) is 0 Å². The first kappa shape index (κ1) is 23.8. The lowest BCUT2D eigenvalue weighted by Crippen LogP contribution is -2.66. The van der Waals surface area contributed by atoms with Crippen molar-refractivity contribution in [3.05, 3.63) is 0 Å². The first-order chi connectivity index (χ1) is 12.9. The summed E-state index contributed by atoms with van der Waals surface area (Å²) in [5, 5.41) is 0. The molecule has 7 heteroatoms. The molecule has 0 unspecified atom stereocenters. The zero-order valence-corrected chi connectivity index (χ0v) is 19.9. The van der Waals surface area contributed by atoms with Gasteiger partial charge in [0.1, 0.15) is 0 Å². The van der Waals surface area contributed by atoms with E-state index in [4.69, 9.17) is 4.74 Å². The highest BCUT2D eigenvalue weighted by Gasteiger charge is 2.39. The van der Waals surface area contributed by atoms with Gasteiger partial charge in [-0.25, -0.2) is 9.03 Å². The molecule has 0 aromatic heterocycles. The van der Waals surface area contributed by atoms with Crippen LogP contribution < -0.4 is 4.72 Å². The third kappa shape index (κ3) is 6.00. The monoisotopic (exact) mass is 417 g/mol. The molecule has 6 nitrogen and oxygen atoms in total. The summed E-state index contributed by atoms with van der Waals surface area (Å²) in [7, 11) is 0.547. The molecule has 0 aromatic rings. The van der Waals surface area contributed by atoms with E-state index in [1.807, 2.05) is 19.0 Å². The van der Waals surface area contributed by atoms with Crippen LogP contribution in [0.4, 0.5) is 0 Å². The minimum atomic E-state index is -3.13. The highest BCUT2D eigenvalue weighted by molar-refractivity contribution is 8.15. The number of nitrogens with zero attached hydrogens (tertiary/aromatic N) is 2. The van der Waals surface area contributed by atoms with Crippen molar-refractivity contribution in [1.29, 1.82) is 0 Å². The van der Waals surface area contributed by atoms with E-state index in [2.05, 4.69) is 18.6 Å². The minimum Gasteiger partial charge on any atom is -0.376 e. The molecular weight excluding hydrogens is 374 g/mol. The summed E-state index contributed by atoms with van der Waals surface area (Å²) in [6, 6.07) is -0.0973. The second kappa shape index (κ2) is 9.11. The summed E-state index contributed by atoms with van der Waals surface area (Å²) in [4.78, 5) is 14.2. The molecular formula is C21H43N3O3S. The Labute approximate surface area is 172 Å². The first-order valence-electron chi connectivity index (χ1n) is 10.9. The zero-order valence-electron chi connectivity index (χ0n) is 19.1. The smallest absolute Gasteiger partial charge is 0.219 e. The van der Waals surface area contributed by atoms with Crippen molar-refractivity contribution in [1.82, 2.24) is 13.9 Å². The second-order valence-electron chi connectivity index (χ2n) is 9.84. The summed E-state index contributed by atoms with van der Waals surface area (Å²) in [5.74, 6) is 1.62. The number of likely N-dealkylation sites (tertiary alicyclic amines) is 1. The fourth-order valence-electron chi connectivity index (χ4n) is 4.49. The number of piperidine rings is 1. The van der Waals surface area contributed by atoms with Crippen molar-refractivity contribution in [2.75, 3.05) is 39.8 Å². The van der Waals surface area contributed by atoms with Gasteiger partial charge in [0.2, 0.25) is 5.91 Å². The molecule has 166 valence electrons. The van der Waals surface area contributed by atoms with Crippen LogP contribution in [-0.4, -0.2) is 77.3 Å². The van der Waals surface area contributed by atoms with Crippen molar-refractivity contribution in [2.24, 2.45) is 11.8 Å². The number of ether oxygens (including phenoxy) is 1. The quantitative estimate of drug-likeness (QED) is 0.693. The van der Waals surface area contributed by atoms with Crippen LogP contribution in [0, 0.1) is 11.8 Å². The van der Waals surface area contributed by atoms with Crippen LogP contribution in [0.2, 0.25) is 0 Å². The maximum Gasteiger partial charge on any atom is 0.219 e. The molecule has 0 radical (unpaired) electrons. The fraction of sp³-hybridized carbons (Fsp3) is 0.952. The zero-order chi connectivity index (χ0) is 21.1. The summed E-state index contributed by atoms with van der Waals surface area (Å²) in [5.41, 5.74) is 0. The van der Waals surface area contributed by atoms with E-state index in [0.29, 0.717) is 6.61 Å². The van der Waals surface area contributed by atoms with Crippen molar-refractivity contribution >= 4 is 15.3 Å². The largest absolute Gasteiger partial charge is 0.376 e. The van der Waals surface area contributed by atoms with Crippen LogP contribution in [0.25, 0.3) is 0 Å². The first-order valence-corrected chi connectivity index (χ1v) is 13.6. The number of nitrogens with one attached hydrogen (secondary N) is 1. The molecule has 1 aliphatic carbocycles. The molecule has 1 heterocycles. The maximum absolute atomic E-state index is 13.5. The third-order valence-corrected chi connectivity index (χ3v) is 10.00. The van der Waals surface area contributed by atoms with Crippen LogP contribution in [0.5, 0.6) is 0 Å². The van der Waals surface area contributed by atoms with Crippen molar-refractivity contribution in [2.45, 2.75) is 77.5 Å². The normalized spacial score (nSPS) is 31.0.